The Morgan fingerprint density at radius 2 is 2.09 bits per heavy atom. The van der Waals surface area contributed by atoms with E-state index in [4.69, 9.17) is 23.2 Å². The number of carbonyl (C=O) groups is 1. The lowest BCUT2D eigenvalue weighted by Gasteiger charge is -2.32. The van der Waals surface area contributed by atoms with E-state index in [9.17, 15) is 4.79 Å². The number of hydrogen-bond acceptors (Lipinski definition) is 2. The van der Waals surface area contributed by atoms with Gasteiger partial charge in [-0.15, -0.1) is 0 Å². The highest BCUT2D eigenvalue weighted by atomic mass is 35.5. The van der Waals surface area contributed by atoms with Gasteiger partial charge in [0.15, 0.2) is 0 Å². The Labute approximate surface area is 149 Å². The van der Waals surface area contributed by atoms with Crippen LogP contribution in [0, 0.1) is 11.3 Å². The highest BCUT2D eigenvalue weighted by molar-refractivity contribution is 6.35. The lowest BCUT2D eigenvalue weighted by Crippen LogP contribution is -2.44. The summed E-state index contributed by atoms with van der Waals surface area (Å²) in [5.41, 5.74) is 1.17. The quantitative estimate of drug-likeness (QED) is 0.868. The normalized spacial score (nSPS) is 19.6. The molecule has 1 atom stereocenters. The molecule has 128 valence electrons. The maximum Gasteiger partial charge on any atom is 0.224 e. The number of hydrogen-bond donors (Lipinski definition) is 1. The molecule has 1 amide bonds. The third-order valence-corrected chi connectivity index (χ3v) is 4.67. The first-order valence-electron chi connectivity index (χ1n) is 8.18. The van der Waals surface area contributed by atoms with E-state index in [0.717, 1.165) is 38.0 Å². The van der Waals surface area contributed by atoms with Gasteiger partial charge in [0, 0.05) is 29.7 Å². The van der Waals surface area contributed by atoms with Gasteiger partial charge >= 0.3 is 0 Å². The highest BCUT2D eigenvalue weighted by Gasteiger charge is 2.26. The second-order valence-electron chi connectivity index (χ2n) is 7.59. The van der Waals surface area contributed by atoms with E-state index in [1.54, 1.807) is 6.07 Å². The Morgan fingerprint density at radius 3 is 2.74 bits per heavy atom. The Hall–Kier alpha value is -0.770. The molecule has 23 heavy (non-hydrogen) atoms. The largest absolute Gasteiger partial charge is 0.355 e. The topological polar surface area (TPSA) is 32.3 Å². The molecule has 1 aromatic rings. The molecule has 5 heteroatoms. The third-order valence-electron chi connectivity index (χ3n) is 4.08. The lowest BCUT2D eigenvalue weighted by molar-refractivity contribution is -0.127. The molecule has 1 aliphatic rings. The highest BCUT2D eigenvalue weighted by Crippen LogP contribution is 2.25. The monoisotopic (exact) mass is 356 g/mol. The van der Waals surface area contributed by atoms with E-state index in [0.29, 0.717) is 16.6 Å². The van der Waals surface area contributed by atoms with Crippen molar-refractivity contribution in [1.29, 1.82) is 0 Å². The minimum absolute atomic E-state index is 0.0668. The molecule has 0 spiro atoms. The van der Waals surface area contributed by atoms with Gasteiger partial charge in [-0.1, -0.05) is 50.0 Å². The first-order chi connectivity index (χ1) is 10.7. The molecule has 0 aliphatic carbocycles. The minimum atomic E-state index is 0.0668. The number of carbonyl (C=O) groups excluding carboxylic acids is 1. The van der Waals surface area contributed by atoms with Gasteiger partial charge in [0.2, 0.25) is 5.91 Å². The predicted molar refractivity (Wildman–Crippen MR) is 96.9 cm³/mol. The van der Waals surface area contributed by atoms with Crippen molar-refractivity contribution in [3.05, 3.63) is 33.8 Å². The van der Waals surface area contributed by atoms with Gasteiger partial charge in [0.25, 0.3) is 0 Å². The van der Waals surface area contributed by atoms with Crippen LogP contribution in [0.25, 0.3) is 0 Å². The summed E-state index contributed by atoms with van der Waals surface area (Å²) >= 11 is 12.2. The summed E-state index contributed by atoms with van der Waals surface area (Å²) in [7, 11) is 0. The van der Waals surface area contributed by atoms with Gasteiger partial charge in [-0.2, -0.15) is 0 Å². The molecular formula is C18H26Cl2N2O. The predicted octanol–water partition coefficient (Wildman–Crippen LogP) is 4.37. The average Bonchev–Trinajstić information content (AvgIpc) is 2.47. The van der Waals surface area contributed by atoms with Crippen molar-refractivity contribution in [1.82, 2.24) is 10.2 Å². The zero-order chi connectivity index (χ0) is 17.0. The Balaban J connectivity index is 1.91. The first-order valence-corrected chi connectivity index (χ1v) is 8.94. The fraction of sp³-hybridized carbons (Fsp3) is 0.611. The molecule has 0 unspecified atom stereocenters. The van der Waals surface area contributed by atoms with E-state index in [-0.39, 0.29) is 17.2 Å². The summed E-state index contributed by atoms with van der Waals surface area (Å²) in [5, 5.41) is 4.43. The van der Waals surface area contributed by atoms with E-state index in [2.05, 4.69) is 31.0 Å². The van der Waals surface area contributed by atoms with Gasteiger partial charge in [0.1, 0.15) is 0 Å². The fourth-order valence-corrected chi connectivity index (χ4v) is 3.27. The second-order valence-corrected chi connectivity index (χ2v) is 8.43. The van der Waals surface area contributed by atoms with Crippen LogP contribution < -0.4 is 5.32 Å². The number of halogens is 2. The summed E-state index contributed by atoms with van der Waals surface area (Å²) in [4.78, 5) is 14.7. The van der Waals surface area contributed by atoms with Crippen molar-refractivity contribution >= 4 is 29.1 Å². The van der Waals surface area contributed by atoms with Crippen molar-refractivity contribution in [2.24, 2.45) is 11.3 Å². The third kappa shape index (κ3) is 5.98. The second kappa shape index (κ2) is 7.87. The van der Waals surface area contributed by atoms with E-state index in [1.165, 1.54) is 0 Å². The zero-order valence-corrected chi connectivity index (χ0v) is 15.7. The Kier molecular flexibility index (Phi) is 6.35. The van der Waals surface area contributed by atoms with Gasteiger partial charge in [-0.25, -0.2) is 0 Å². The summed E-state index contributed by atoms with van der Waals surface area (Å²) in [5.74, 6) is 0.240. The van der Waals surface area contributed by atoms with Crippen molar-refractivity contribution in [3.8, 4) is 0 Å². The Bertz CT molecular complexity index is 554. The number of rotatable bonds is 4. The van der Waals surface area contributed by atoms with Crippen molar-refractivity contribution in [2.75, 3.05) is 19.6 Å². The van der Waals surface area contributed by atoms with Crippen molar-refractivity contribution in [2.45, 2.75) is 40.2 Å². The van der Waals surface area contributed by atoms with Crippen LogP contribution >= 0.6 is 23.2 Å². The fourth-order valence-electron chi connectivity index (χ4n) is 2.80. The Morgan fingerprint density at radius 1 is 1.35 bits per heavy atom. The number of benzene rings is 1. The lowest BCUT2D eigenvalue weighted by atomic mass is 9.94. The van der Waals surface area contributed by atoms with Crippen LogP contribution in [0.3, 0.4) is 0 Å². The zero-order valence-electron chi connectivity index (χ0n) is 14.2. The van der Waals surface area contributed by atoms with Crippen molar-refractivity contribution < 1.29 is 4.79 Å². The van der Waals surface area contributed by atoms with E-state index in [1.807, 2.05) is 12.1 Å². The molecule has 1 aliphatic heterocycles. The van der Waals surface area contributed by atoms with Crippen LogP contribution in [0.2, 0.25) is 10.0 Å². The molecule has 2 rings (SSSR count). The smallest absolute Gasteiger partial charge is 0.224 e. The van der Waals surface area contributed by atoms with Gasteiger partial charge < -0.3 is 5.32 Å². The van der Waals surface area contributed by atoms with Crippen molar-refractivity contribution in [3.63, 3.8) is 0 Å². The molecule has 1 heterocycles. The maximum atomic E-state index is 12.4. The van der Waals surface area contributed by atoms with Gasteiger partial charge in [-0.05, 0) is 42.5 Å². The molecule has 3 nitrogen and oxygen atoms in total. The molecular weight excluding hydrogens is 331 g/mol. The molecule has 0 aromatic heterocycles. The molecule has 1 aromatic carbocycles. The van der Waals surface area contributed by atoms with Gasteiger partial charge in [0.05, 0.1) is 5.92 Å². The number of nitrogens with zero attached hydrogens (tertiary/aromatic N) is 1. The van der Waals surface area contributed by atoms with Crippen LogP contribution in [0.4, 0.5) is 0 Å². The van der Waals surface area contributed by atoms with Crippen LogP contribution in [0.1, 0.15) is 39.2 Å². The maximum absolute atomic E-state index is 12.4. The molecule has 1 saturated heterocycles. The number of likely N-dealkylation sites (tertiary alicyclic amines) is 1. The molecule has 0 saturated carbocycles. The molecule has 0 radical (unpaired) electrons. The molecule has 1 N–H and O–H groups in total. The van der Waals surface area contributed by atoms with Crippen LogP contribution in [-0.2, 0) is 11.3 Å². The molecule has 1 fully saturated rings. The molecule has 0 bridgehead atoms. The summed E-state index contributed by atoms with van der Waals surface area (Å²) in [6.45, 7) is 9.65. The number of piperidine rings is 1. The van der Waals surface area contributed by atoms with Crippen LogP contribution in [-0.4, -0.2) is 30.4 Å². The standard InChI is InChI=1S/C18H26Cl2N2O/c1-18(2,3)12-21-17(23)14-5-4-8-22(11-14)10-13-6-7-15(19)9-16(13)20/h6-7,9,14H,4-5,8,10-12H2,1-3H3,(H,21,23)/t14-/m1/s1. The summed E-state index contributed by atoms with van der Waals surface area (Å²) < 4.78 is 0. The van der Waals surface area contributed by atoms with Crippen LogP contribution in [0.5, 0.6) is 0 Å². The summed E-state index contributed by atoms with van der Waals surface area (Å²) in [6, 6.07) is 5.60. The van der Waals surface area contributed by atoms with E-state index >= 15 is 0 Å². The van der Waals surface area contributed by atoms with Crippen LogP contribution in [0.15, 0.2) is 18.2 Å². The summed E-state index contributed by atoms with van der Waals surface area (Å²) in [6.07, 6.45) is 2.00. The van der Waals surface area contributed by atoms with Gasteiger partial charge in [-0.3, -0.25) is 9.69 Å². The number of amides is 1. The number of nitrogens with one attached hydrogen (secondary N) is 1. The average molecular weight is 357 g/mol. The first kappa shape index (κ1) is 18.6. The minimum Gasteiger partial charge on any atom is -0.355 e. The van der Waals surface area contributed by atoms with E-state index < -0.39 is 0 Å². The SMILES string of the molecule is CC(C)(C)CNC(=O)[C@@H]1CCCN(Cc2ccc(Cl)cc2Cl)C1.